The van der Waals surface area contributed by atoms with Crippen LogP contribution in [-0.4, -0.2) is 88.6 Å². The van der Waals surface area contributed by atoms with Gasteiger partial charge in [0.05, 0.1) is 80.8 Å². The summed E-state index contributed by atoms with van der Waals surface area (Å²) >= 11 is 0. The number of hydrogen-bond donors (Lipinski definition) is 5. The average Bonchev–Trinajstić information content (AvgIpc) is 1.15. The van der Waals surface area contributed by atoms with Crippen LogP contribution in [0.1, 0.15) is 86.1 Å². The van der Waals surface area contributed by atoms with Gasteiger partial charge in [-0.05, 0) is 170 Å². The van der Waals surface area contributed by atoms with Crippen molar-refractivity contribution in [3.8, 4) is 11.5 Å². The van der Waals surface area contributed by atoms with E-state index in [4.69, 9.17) is 0 Å². The van der Waals surface area contributed by atoms with E-state index in [9.17, 15) is 20.4 Å². The van der Waals surface area contributed by atoms with Gasteiger partial charge in [-0.25, -0.2) is 36.5 Å². The van der Waals surface area contributed by atoms with E-state index in [0.717, 1.165) is 193 Å². The third-order valence-electron chi connectivity index (χ3n) is 19.8. The Labute approximate surface area is 614 Å². The van der Waals surface area contributed by atoms with Crippen LogP contribution in [0.15, 0.2) is 231 Å². The van der Waals surface area contributed by atoms with Crippen LogP contribution < -0.4 is 47.4 Å². The van der Waals surface area contributed by atoms with Gasteiger partial charge >= 0.3 is 11.6 Å². The van der Waals surface area contributed by atoms with Crippen LogP contribution in [0.25, 0.3) is 0 Å². The Morgan fingerprint density at radius 2 is 0.981 bits per heavy atom. The number of aliphatic hydroxyl groups is 2. The van der Waals surface area contributed by atoms with Gasteiger partial charge in [0.25, 0.3) is 0 Å². The standard InChI is InChI=1S/C41H51N10O2.C40H47N10O2/c52-28-26-49(27-29-53)39-14-12-36(13-15-39)42-45-40-11-1-2-20-50(40)23-7-19-48-25-24-47(33-48)18-6-17-46-16-5-10-37(32-46)43-44-38-30-34-8-3-21-51-22-4-9-35(31-38)41(34)51;1-3-41-34-27-37(51)35(25-30(34)2)43-42-32-12-7-15-46(28-32)16-9-17-47-23-24-48(29-47)18-10-22-49-19-5-4-14-38(49)45-44-36-26-31-11-6-20-50-21-8-13-33(39(31)50)40(36)52/h1-2,5,10-16,20,24-25,30-33,52-53H,3-4,6-9,17-19,21-23,26-29H2;4-5,7,12,14-15,19,23-29H,3,6,8-11,13,16-18,20-22H2,1-2H3,(H-,41,42,51)/q+3;+1/p+2. The topological polar surface area (TPSA) is 235 Å². The summed E-state index contributed by atoms with van der Waals surface area (Å²) in [5.41, 5.74) is 15.0. The van der Waals surface area contributed by atoms with Crippen LogP contribution in [0.2, 0.25) is 0 Å². The summed E-state index contributed by atoms with van der Waals surface area (Å²) in [5.74, 6) is 1.95. The molecule has 0 fully saturated rings. The normalized spacial score (nSPS) is 14.0. The summed E-state index contributed by atoms with van der Waals surface area (Å²) in [5, 5.41) is 79.6. The first-order chi connectivity index (χ1) is 51.6. The number of nitrogens with zero attached hydrogens (tertiary/aromatic N) is 19. The van der Waals surface area contributed by atoms with Crippen molar-refractivity contribution in [1.82, 2.24) is 9.13 Å². The van der Waals surface area contributed by atoms with Crippen LogP contribution in [0.4, 0.5) is 68.5 Å². The maximum atomic E-state index is 11.1. The summed E-state index contributed by atoms with van der Waals surface area (Å²) in [6, 6.07) is 37.6. The van der Waals surface area contributed by atoms with Gasteiger partial charge in [0.1, 0.15) is 53.3 Å². The number of phenols is 2. The van der Waals surface area contributed by atoms with Crippen molar-refractivity contribution in [2.45, 2.75) is 143 Å². The largest absolute Gasteiger partial charge is 0.506 e. The Hall–Kier alpha value is -11.0. The lowest BCUT2D eigenvalue weighted by Gasteiger charge is -2.37. The van der Waals surface area contributed by atoms with E-state index in [0.29, 0.717) is 24.5 Å². The van der Waals surface area contributed by atoms with Gasteiger partial charge < -0.3 is 40.4 Å². The SMILES string of the molecule is CCNc1cc(O)c(N=Nc2ccc[n+](CCC[n+]3ccn(CCC[n+]4ccccc4N=Nc4cc5c6c(c4O)CCCN6CCC5)c3)c2)cc1C.OCCN(CCO)c1ccc(N=Nc2cccc[n+]2CCCn2cc[n+](CCC[n+]3cccc(N=Nc4cc5c6c(c4)CCCN6CCC5)c3)c2)cc1. The van der Waals surface area contributed by atoms with Crippen molar-refractivity contribution in [2.24, 2.45) is 40.9 Å². The summed E-state index contributed by atoms with van der Waals surface area (Å²) < 4.78 is 17.5. The molecule has 0 spiro atoms. The number of aromatic hydroxyl groups is 2. The molecule has 0 radical (unpaired) electrons. The zero-order chi connectivity index (χ0) is 72.1. The first-order valence-electron chi connectivity index (χ1n) is 37.5. The van der Waals surface area contributed by atoms with Crippen molar-refractivity contribution in [2.75, 3.05) is 79.0 Å². The first-order valence-corrected chi connectivity index (χ1v) is 37.5. The van der Waals surface area contributed by atoms with Crippen molar-refractivity contribution in [3.05, 3.63) is 218 Å². The van der Waals surface area contributed by atoms with Crippen LogP contribution in [0.5, 0.6) is 11.5 Å². The molecule has 24 nitrogen and oxygen atoms in total. The molecule has 0 amide bonds. The summed E-state index contributed by atoms with van der Waals surface area (Å²) in [7, 11) is 0. The van der Waals surface area contributed by atoms with E-state index in [1.807, 2.05) is 135 Å². The fourth-order valence-electron chi connectivity index (χ4n) is 14.7. The number of hydrogen-bond acceptors (Lipinski definition) is 16. The molecule has 6 aromatic heterocycles. The smallest absolute Gasteiger partial charge is 0.350 e. The molecule has 542 valence electrons. The molecule has 4 aliphatic heterocycles. The maximum absolute atomic E-state index is 11.1. The summed E-state index contributed by atoms with van der Waals surface area (Å²) in [6.07, 6.45) is 37.8. The number of anilines is 4. The van der Waals surface area contributed by atoms with Gasteiger partial charge in [-0.3, -0.25) is 0 Å². The molecule has 10 heterocycles. The van der Waals surface area contributed by atoms with Crippen molar-refractivity contribution in [1.29, 1.82) is 0 Å². The fraction of sp³-hybridized carbons (Fsp3) is 0.383. The van der Waals surface area contributed by atoms with E-state index in [1.165, 1.54) is 54.0 Å². The second-order valence-corrected chi connectivity index (χ2v) is 27.5. The first kappa shape index (κ1) is 72.4. The number of aryl methyl sites for hydroxylation is 12. The number of imidazole rings is 2. The quantitative estimate of drug-likeness (QED) is 0.0207. The lowest BCUT2D eigenvalue weighted by molar-refractivity contribution is -0.726. The summed E-state index contributed by atoms with van der Waals surface area (Å²) in [6.45, 7) is 17.2. The lowest BCUT2D eigenvalue weighted by Crippen LogP contribution is -2.37. The van der Waals surface area contributed by atoms with Crippen LogP contribution in [0, 0.1) is 6.92 Å². The highest BCUT2D eigenvalue weighted by molar-refractivity contribution is 5.74. The molecule has 10 aromatic rings. The molecule has 5 N–H and O–H groups in total. The predicted octanol–water partition coefficient (Wildman–Crippen LogP) is 13.1. The Morgan fingerprint density at radius 1 is 0.467 bits per heavy atom. The fourth-order valence-corrected chi connectivity index (χ4v) is 14.7. The lowest BCUT2D eigenvalue weighted by atomic mass is 9.90. The monoisotopic (exact) mass is 1420 g/mol. The number of pyridine rings is 4. The van der Waals surface area contributed by atoms with Gasteiger partial charge in [0.15, 0.2) is 49.3 Å². The zero-order valence-corrected chi connectivity index (χ0v) is 60.7. The minimum atomic E-state index is 0.0283. The molecule has 0 saturated heterocycles. The number of azo groups is 4. The maximum Gasteiger partial charge on any atom is 0.350 e. The van der Waals surface area contributed by atoms with Crippen molar-refractivity contribution < 1.29 is 47.8 Å². The number of rotatable bonds is 31. The Kier molecular flexibility index (Phi) is 24.8. The number of aliphatic hydroxyl groups excluding tert-OH is 2. The second kappa shape index (κ2) is 36.0. The Balaban J connectivity index is 0.000000186. The van der Waals surface area contributed by atoms with Gasteiger partial charge in [0, 0.05) is 130 Å². The number of phenolic OH excluding ortho intramolecular Hbond substituents is 2. The molecule has 0 saturated carbocycles. The van der Waals surface area contributed by atoms with E-state index in [2.05, 4.69) is 161 Å². The minimum Gasteiger partial charge on any atom is -0.506 e. The van der Waals surface area contributed by atoms with Gasteiger partial charge in [-0.1, -0.05) is 12.1 Å². The van der Waals surface area contributed by atoms with E-state index in [-0.39, 0.29) is 24.7 Å². The van der Waals surface area contributed by atoms with E-state index in [1.54, 1.807) is 6.07 Å². The zero-order valence-electron chi connectivity index (χ0n) is 60.7. The van der Waals surface area contributed by atoms with Crippen molar-refractivity contribution in [3.63, 3.8) is 0 Å². The Morgan fingerprint density at radius 3 is 1.56 bits per heavy atom. The second-order valence-electron chi connectivity index (χ2n) is 27.5. The van der Waals surface area contributed by atoms with Gasteiger partial charge in [0.2, 0.25) is 12.7 Å². The molecule has 4 aliphatic rings. The number of aromatic nitrogens is 8. The molecule has 105 heavy (non-hydrogen) atoms. The molecule has 0 unspecified atom stereocenters. The molecular formula is C81H100N20O4+6. The van der Waals surface area contributed by atoms with Crippen LogP contribution >= 0.6 is 0 Å². The highest BCUT2D eigenvalue weighted by Gasteiger charge is 2.29. The Bertz CT molecular complexity index is 4640. The molecule has 14 rings (SSSR count). The van der Waals surface area contributed by atoms with Crippen LogP contribution in [0.3, 0.4) is 0 Å². The third-order valence-corrected chi connectivity index (χ3v) is 19.8. The molecular weight excluding hydrogens is 1320 g/mol. The molecule has 0 aliphatic carbocycles. The average molecular weight is 1420 g/mol. The van der Waals surface area contributed by atoms with E-state index < -0.39 is 0 Å². The minimum absolute atomic E-state index is 0.0283. The number of nitrogens with one attached hydrogen (secondary N) is 1. The van der Waals surface area contributed by atoms with Crippen molar-refractivity contribution >= 4 is 68.5 Å². The van der Waals surface area contributed by atoms with E-state index >= 15 is 0 Å². The van der Waals surface area contributed by atoms with Crippen LogP contribution in [-0.2, 0) is 78.0 Å². The number of benzene rings is 4. The highest BCUT2D eigenvalue weighted by atomic mass is 16.3. The highest BCUT2D eigenvalue weighted by Crippen LogP contribution is 2.46. The predicted molar refractivity (Wildman–Crippen MR) is 403 cm³/mol. The van der Waals surface area contributed by atoms with Gasteiger partial charge in [-0.15, -0.1) is 15.3 Å². The molecule has 4 aromatic carbocycles. The molecule has 0 atom stereocenters. The third kappa shape index (κ3) is 19.3. The van der Waals surface area contributed by atoms with Gasteiger partial charge in [-0.2, -0.15) is 5.11 Å². The molecule has 24 heteroatoms. The summed E-state index contributed by atoms with van der Waals surface area (Å²) in [4.78, 5) is 6.92. The molecule has 0 bridgehead atoms.